The number of aromatic carboxylic acids is 1. The van der Waals surface area contributed by atoms with Gasteiger partial charge in [0.2, 0.25) is 0 Å². The number of halogens is 2. The van der Waals surface area contributed by atoms with Crippen molar-refractivity contribution in [3.63, 3.8) is 0 Å². The van der Waals surface area contributed by atoms with Crippen molar-refractivity contribution in [2.24, 2.45) is 0 Å². The predicted molar refractivity (Wildman–Crippen MR) is 67.5 cm³/mol. The van der Waals surface area contributed by atoms with Crippen LogP contribution < -0.4 is 0 Å². The van der Waals surface area contributed by atoms with Gasteiger partial charge in [0.25, 0.3) is 0 Å². The topological polar surface area (TPSA) is 67.5 Å². The Bertz CT molecular complexity index is 798. The molecule has 90 valence electrons. The van der Waals surface area contributed by atoms with Gasteiger partial charge in [0.15, 0.2) is 5.65 Å². The molecule has 0 atom stereocenters. The van der Waals surface area contributed by atoms with Gasteiger partial charge in [-0.1, -0.05) is 23.2 Å². The number of rotatable bonds is 1. The summed E-state index contributed by atoms with van der Waals surface area (Å²) < 4.78 is 1.54. The van der Waals surface area contributed by atoms with Gasteiger partial charge in [0, 0.05) is 10.4 Å². The number of hydrogen-bond acceptors (Lipinski definition) is 3. The van der Waals surface area contributed by atoms with Gasteiger partial charge >= 0.3 is 5.97 Å². The van der Waals surface area contributed by atoms with E-state index in [1.807, 2.05) is 0 Å². The van der Waals surface area contributed by atoms with E-state index in [0.717, 1.165) is 0 Å². The number of fused-ring (bicyclic) bond motifs is 3. The zero-order valence-electron chi connectivity index (χ0n) is 8.76. The number of aromatic nitrogens is 3. The third-order valence-electron chi connectivity index (χ3n) is 2.62. The minimum atomic E-state index is -1.08. The predicted octanol–water partition coefficient (Wildman–Crippen LogP) is 2.89. The summed E-state index contributed by atoms with van der Waals surface area (Å²) in [7, 11) is 0. The molecule has 0 bridgehead atoms. The summed E-state index contributed by atoms with van der Waals surface area (Å²) in [6.45, 7) is 0. The van der Waals surface area contributed by atoms with Crippen molar-refractivity contribution in [1.82, 2.24) is 14.6 Å². The maximum atomic E-state index is 11.2. The Hall–Kier alpha value is -1.85. The minimum Gasteiger partial charge on any atom is -0.478 e. The molecule has 0 amide bonds. The first-order valence-corrected chi connectivity index (χ1v) is 5.68. The molecule has 2 heterocycles. The standard InChI is InChI=1S/C11H5Cl2N3O2/c12-6-1-5-2-7(11(17)18)10-15-14-4-16(10)9(5)8(13)3-6/h1-4H,(H,17,18). The first-order valence-electron chi connectivity index (χ1n) is 4.92. The fourth-order valence-corrected chi connectivity index (χ4v) is 2.51. The zero-order chi connectivity index (χ0) is 12.9. The average Bonchev–Trinajstić information content (AvgIpc) is 2.75. The molecule has 18 heavy (non-hydrogen) atoms. The lowest BCUT2D eigenvalue weighted by Gasteiger charge is -2.06. The molecule has 1 N–H and O–H groups in total. The second kappa shape index (κ2) is 3.83. The van der Waals surface area contributed by atoms with Crippen LogP contribution in [0, 0.1) is 0 Å². The van der Waals surface area contributed by atoms with Gasteiger partial charge in [-0.05, 0) is 18.2 Å². The molecule has 0 aliphatic heterocycles. The maximum absolute atomic E-state index is 11.2. The van der Waals surface area contributed by atoms with Crippen LogP contribution in [-0.2, 0) is 0 Å². The first-order chi connectivity index (χ1) is 8.58. The van der Waals surface area contributed by atoms with E-state index in [1.54, 1.807) is 12.1 Å². The molecular formula is C11H5Cl2N3O2. The molecule has 0 fully saturated rings. The zero-order valence-corrected chi connectivity index (χ0v) is 10.3. The number of pyridine rings is 1. The van der Waals surface area contributed by atoms with E-state index in [0.29, 0.717) is 20.9 Å². The summed E-state index contributed by atoms with van der Waals surface area (Å²) in [5.74, 6) is -1.08. The van der Waals surface area contributed by atoms with Crippen molar-refractivity contribution in [3.8, 4) is 0 Å². The van der Waals surface area contributed by atoms with Crippen LogP contribution in [0.3, 0.4) is 0 Å². The monoisotopic (exact) mass is 281 g/mol. The smallest absolute Gasteiger partial charge is 0.339 e. The van der Waals surface area contributed by atoms with Gasteiger partial charge in [-0.15, -0.1) is 10.2 Å². The van der Waals surface area contributed by atoms with E-state index in [2.05, 4.69) is 10.2 Å². The van der Waals surface area contributed by atoms with Crippen LogP contribution in [0.25, 0.3) is 16.6 Å². The fraction of sp³-hybridized carbons (Fsp3) is 0. The van der Waals surface area contributed by atoms with E-state index < -0.39 is 5.97 Å². The average molecular weight is 282 g/mol. The van der Waals surface area contributed by atoms with E-state index in [9.17, 15) is 4.79 Å². The summed E-state index contributed by atoms with van der Waals surface area (Å²) in [5, 5.41) is 18.1. The summed E-state index contributed by atoms with van der Waals surface area (Å²) in [4.78, 5) is 11.2. The molecule has 0 saturated carbocycles. The van der Waals surface area contributed by atoms with Gasteiger partial charge in [0.1, 0.15) is 11.9 Å². The first kappa shape index (κ1) is 11.3. The SMILES string of the molecule is O=C(O)c1cc2cc(Cl)cc(Cl)c2n2cnnc12. The third kappa shape index (κ3) is 1.52. The molecule has 0 saturated heterocycles. The van der Waals surface area contributed by atoms with Crippen molar-refractivity contribution in [2.75, 3.05) is 0 Å². The summed E-state index contributed by atoms with van der Waals surface area (Å²) in [6, 6.07) is 4.72. The summed E-state index contributed by atoms with van der Waals surface area (Å²) in [5.41, 5.74) is 0.934. The van der Waals surface area contributed by atoms with E-state index in [4.69, 9.17) is 28.3 Å². The van der Waals surface area contributed by atoms with Crippen molar-refractivity contribution in [2.45, 2.75) is 0 Å². The van der Waals surface area contributed by atoms with Gasteiger partial charge in [-0.25, -0.2) is 4.79 Å². The number of hydrogen-bond donors (Lipinski definition) is 1. The number of carboxylic acids is 1. The summed E-state index contributed by atoms with van der Waals surface area (Å²) in [6.07, 6.45) is 1.42. The third-order valence-corrected chi connectivity index (χ3v) is 3.12. The highest BCUT2D eigenvalue weighted by molar-refractivity contribution is 6.38. The van der Waals surface area contributed by atoms with Crippen LogP contribution in [0.15, 0.2) is 24.5 Å². The molecule has 0 spiro atoms. The molecule has 0 unspecified atom stereocenters. The molecule has 3 rings (SSSR count). The molecule has 0 radical (unpaired) electrons. The van der Waals surface area contributed by atoms with Crippen molar-refractivity contribution in [1.29, 1.82) is 0 Å². The van der Waals surface area contributed by atoms with Crippen LogP contribution >= 0.6 is 23.2 Å². The summed E-state index contributed by atoms with van der Waals surface area (Å²) >= 11 is 12.0. The Morgan fingerprint density at radius 3 is 2.78 bits per heavy atom. The lowest BCUT2D eigenvalue weighted by molar-refractivity contribution is 0.0698. The maximum Gasteiger partial charge on any atom is 0.339 e. The largest absolute Gasteiger partial charge is 0.478 e. The van der Waals surface area contributed by atoms with E-state index in [-0.39, 0.29) is 11.2 Å². The molecule has 1 aromatic carbocycles. The van der Waals surface area contributed by atoms with Crippen LogP contribution in [0.4, 0.5) is 0 Å². The number of benzene rings is 1. The van der Waals surface area contributed by atoms with Crippen LogP contribution in [0.1, 0.15) is 10.4 Å². The molecule has 0 aliphatic rings. The highest BCUT2D eigenvalue weighted by atomic mass is 35.5. The van der Waals surface area contributed by atoms with Crippen LogP contribution in [-0.4, -0.2) is 25.7 Å². The number of carboxylic acid groups (broad SMARTS) is 1. The Morgan fingerprint density at radius 1 is 1.28 bits per heavy atom. The molecule has 5 nitrogen and oxygen atoms in total. The second-order valence-corrected chi connectivity index (χ2v) is 4.56. The lowest BCUT2D eigenvalue weighted by Crippen LogP contribution is -2.02. The quantitative estimate of drug-likeness (QED) is 0.745. The molecule has 3 aromatic rings. The Labute approximate surface area is 111 Å². The second-order valence-electron chi connectivity index (χ2n) is 3.71. The normalized spacial score (nSPS) is 11.2. The van der Waals surface area contributed by atoms with E-state index >= 15 is 0 Å². The highest BCUT2D eigenvalue weighted by Crippen LogP contribution is 2.29. The van der Waals surface area contributed by atoms with Gasteiger partial charge in [-0.3, -0.25) is 4.40 Å². The van der Waals surface area contributed by atoms with Gasteiger partial charge in [0.05, 0.1) is 10.5 Å². The Morgan fingerprint density at radius 2 is 2.06 bits per heavy atom. The van der Waals surface area contributed by atoms with Gasteiger partial charge in [-0.2, -0.15) is 0 Å². The molecule has 2 aromatic heterocycles. The number of nitrogens with zero attached hydrogens (tertiary/aromatic N) is 3. The van der Waals surface area contributed by atoms with Crippen molar-refractivity contribution in [3.05, 3.63) is 40.1 Å². The molecule has 0 aliphatic carbocycles. The van der Waals surface area contributed by atoms with Crippen LogP contribution in [0.2, 0.25) is 10.0 Å². The Kier molecular flexibility index (Phi) is 2.39. The van der Waals surface area contributed by atoms with Crippen molar-refractivity contribution < 1.29 is 9.90 Å². The minimum absolute atomic E-state index is 0.0540. The lowest BCUT2D eigenvalue weighted by atomic mass is 10.1. The highest BCUT2D eigenvalue weighted by Gasteiger charge is 2.16. The van der Waals surface area contributed by atoms with E-state index in [1.165, 1.54) is 16.8 Å². The van der Waals surface area contributed by atoms with Gasteiger partial charge < -0.3 is 5.11 Å². The molecular weight excluding hydrogens is 277 g/mol. The van der Waals surface area contributed by atoms with Crippen LogP contribution in [0.5, 0.6) is 0 Å². The Balaban J connectivity index is 2.59. The molecule has 7 heteroatoms. The van der Waals surface area contributed by atoms with Crippen molar-refractivity contribution >= 4 is 45.7 Å². The number of carbonyl (C=O) groups is 1. The fourth-order valence-electron chi connectivity index (χ4n) is 1.91.